The lowest BCUT2D eigenvalue weighted by Crippen LogP contribution is -2.52. The van der Waals surface area contributed by atoms with Gasteiger partial charge in [-0.05, 0) is 72.7 Å². The molecule has 0 aliphatic heterocycles. The van der Waals surface area contributed by atoms with E-state index >= 15 is 0 Å². The Balaban J connectivity index is 1.59. The molecule has 0 amide bonds. The van der Waals surface area contributed by atoms with E-state index in [1.165, 1.54) is 19.3 Å². The highest BCUT2D eigenvalue weighted by atomic mass is 16.5. The molecule has 2 fully saturated rings. The summed E-state index contributed by atoms with van der Waals surface area (Å²) in [6.45, 7) is 4.77. The van der Waals surface area contributed by atoms with E-state index in [4.69, 9.17) is 10.5 Å². The van der Waals surface area contributed by atoms with Gasteiger partial charge in [0.1, 0.15) is 6.10 Å². The molecular formula is C21H29NO3. The highest BCUT2D eigenvalue weighted by Crippen LogP contribution is 2.63. The van der Waals surface area contributed by atoms with E-state index in [0.29, 0.717) is 29.7 Å². The summed E-state index contributed by atoms with van der Waals surface area (Å²) in [6.07, 6.45) is 14.6. The maximum atomic E-state index is 11.3. The Morgan fingerprint density at radius 2 is 1.96 bits per heavy atom. The second kappa shape index (κ2) is 5.80. The van der Waals surface area contributed by atoms with Crippen molar-refractivity contribution in [2.45, 2.75) is 58.1 Å². The maximum absolute atomic E-state index is 11.3. The number of carbonyl (C=O) groups is 2. The smallest absolute Gasteiger partial charge is 0.371 e. The van der Waals surface area contributed by atoms with Crippen LogP contribution in [0.4, 0.5) is 0 Å². The van der Waals surface area contributed by atoms with E-state index in [9.17, 15) is 9.59 Å². The fourth-order valence-electron chi connectivity index (χ4n) is 6.46. The van der Waals surface area contributed by atoms with Crippen molar-refractivity contribution in [1.29, 1.82) is 0 Å². The third-order valence-corrected chi connectivity index (χ3v) is 8.09. The van der Waals surface area contributed by atoms with E-state index in [1.807, 2.05) is 6.08 Å². The number of esters is 1. The van der Waals surface area contributed by atoms with Crippen molar-refractivity contribution in [2.24, 2.45) is 40.2 Å². The van der Waals surface area contributed by atoms with Gasteiger partial charge in [-0.15, -0.1) is 0 Å². The van der Waals surface area contributed by atoms with Crippen LogP contribution in [0.2, 0.25) is 0 Å². The zero-order chi connectivity index (χ0) is 17.8. The van der Waals surface area contributed by atoms with Gasteiger partial charge in [-0.2, -0.15) is 0 Å². The SMILES string of the molecule is C[C@]12C=CC(OC(=O)C=O)CC1C=C[C@@H]1[C@H]2CC[C@]2(C)C(N)CC[C@@H]12. The largest absolute Gasteiger partial charge is 0.453 e. The first kappa shape index (κ1) is 17.0. The number of aldehydes is 1. The van der Waals surface area contributed by atoms with Crippen LogP contribution in [0.3, 0.4) is 0 Å². The van der Waals surface area contributed by atoms with E-state index in [-0.39, 0.29) is 23.2 Å². The van der Waals surface area contributed by atoms with Crippen LogP contribution in [0.5, 0.6) is 0 Å². The summed E-state index contributed by atoms with van der Waals surface area (Å²) < 4.78 is 5.23. The molecule has 0 aromatic heterocycles. The summed E-state index contributed by atoms with van der Waals surface area (Å²) in [4.78, 5) is 21.8. The first-order chi connectivity index (χ1) is 11.9. The van der Waals surface area contributed by atoms with E-state index in [1.54, 1.807) is 0 Å². The number of hydrogen-bond acceptors (Lipinski definition) is 4. The Morgan fingerprint density at radius 3 is 2.72 bits per heavy atom. The van der Waals surface area contributed by atoms with E-state index in [2.05, 4.69) is 32.1 Å². The zero-order valence-corrected chi connectivity index (χ0v) is 15.2. The molecular weight excluding hydrogens is 314 g/mol. The third-order valence-electron chi connectivity index (χ3n) is 8.09. The molecule has 0 bridgehead atoms. The van der Waals surface area contributed by atoms with Crippen molar-refractivity contribution < 1.29 is 14.3 Å². The monoisotopic (exact) mass is 343 g/mol. The average molecular weight is 343 g/mol. The molecule has 136 valence electrons. The molecule has 0 radical (unpaired) electrons. The van der Waals surface area contributed by atoms with Crippen LogP contribution < -0.4 is 5.73 Å². The predicted octanol–water partition coefficient (Wildman–Crippen LogP) is 3.02. The molecule has 25 heavy (non-hydrogen) atoms. The van der Waals surface area contributed by atoms with Gasteiger partial charge in [0, 0.05) is 6.04 Å². The number of allylic oxidation sites excluding steroid dienone is 3. The van der Waals surface area contributed by atoms with Crippen LogP contribution in [0.15, 0.2) is 24.3 Å². The van der Waals surface area contributed by atoms with Crippen LogP contribution in [-0.4, -0.2) is 24.4 Å². The number of carbonyl (C=O) groups excluding carboxylic acids is 2. The quantitative estimate of drug-likeness (QED) is 0.362. The van der Waals surface area contributed by atoms with Crippen LogP contribution in [0, 0.1) is 34.5 Å². The molecule has 2 saturated carbocycles. The number of hydrogen-bond donors (Lipinski definition) is 1. The molecule has 0 aromatic rings. The summed E-state index contributed by atoms with van der Waals surface area (Å²) in [7, 11) is 0. The maximum Gasteiger partial charge on any atom is 0.371 e. The lowest BCUT2D eigenvalue weighted by Gasteiger charge is -2.57. The van der Waals surface area contributed by atoms with Crippen LogP contribution >= 0.6 is 0 Å². The molecule has 4 heteroatoms. The molecule has 8 atom stereocenters. The van der Waals surface area contributed by atoms with Gasteiger partial charge in [0.2, 0.25) is 6.29 Å². The van der Waals surface area contributed by atoms with Crippen molar-refractivity contribution in [3.63, 3.8) is 0 Å². The minimum Gasteiger partial charge on any atom is -0.453 e. The average Bonchev–Trinajstić information content (AvgIpc) is 2.90. The van der Waals surface area contributed by atoms with Gasteiger partial charge >= 0.3 is 5.97 Å². The van der Waals surface area contributed by atoms with E-state index in [0.717, 1.165) is 12.8 Å². The summed E-state index contributed by atoms with van der Waals surface area (Å²) >= 11 is 0. The van der Waals surface area contributed by atoms with E-state index < -0.39 is 5.97 Å². The normalized spacial score (nSPS) is 50.5. The number of ether oxygens (including phenoxy) is 1. The second-order valence-electron chi connectivity index (χ2n) is 9.06. The highest BCUT2D eigenvalue weighted by molar-refractivity contribution is 6.20. The number of rotatable bonds is 2. The minimum absolute atomic E-state index is 0.109. The number of nitrogens with two attached hydrogens (primary N) is 1. The fraction of sp³-hybridized carbons (Fsp3) is 0.714. The van der Waals surface area contributed by atoms with Crippen molar-refractivity contribution in [2.75, 3.05) is 0 Å². The van der Waals surface area contributed by atoms with Crippen LogP contribution in [0.25, 0.3) is 0 Å². The highest BCUT2D eigenvalue weighted by Gasteiger charge is 2.57. The van der Waals surface area contributed by atoms with Gasteiger partial charge < -0.3 is 10.5 Å². The Morgan fingerprint density at radius 1 is 1.16 bits per heavy atom. The number of fused-ring (bicyclic) bond motifs is 5. The van der Waals surface area contributed by atoms with Crippen molar-refractivity contribution in [3.05, 3.63) is 24.3 Å². The van der Waals surface area contributed by atoms with Crippen molar-refractivity contribution in [3.8, 4) is 0 Å². The Kier molecular flexibility index (Phi) is 3.95. The molecule has 4 rings (SSSR count). The molecule has 3 unspecified atom stereocenters. The Labute approximate surface area is 149 Å². The van der Waals surface area contributed by atoms with Crippen molar-refractivity contribution >= 4 is 12.3 Å². The van der Waals surface area contributed by atoms with Gasteiger partial charge in [0.05, 0.1) is 0 Å². The Bertz CT molecular complexity index is 641. The summed E-state index contributed by atoms with van der Waals surface area (Å²) in [5, 5.41) is 0. The third kappa shape index (κ3) is 2.44. The van der Waals surface area contributed by atoms with Gasteiger partial charge in [0.25, 0.3) is 0 Å². The van der Waals surface area contributed by atoms with Crippen molar-refractivity contribution in [1.82, 2.24) is 0 Å². The molecule has 0 aromatic carbocycles. The van der Waals surface area contributed by atoms with Gasteiger partial charge in [0.15, 0.2) is 0 Å². The van der Waals surface area contributed by atoms with Gasteiger partial charge in [-0.25, -0.2) is 4.79 Å². The summed E-state index contributed by atoms with van der Waals surface area (Å²) in [5.74, 6) is 1.51. The minimum atomic E-state index is -0.774. The topological polar surface area (TPSA) is 69.4 Å². The standard InChI is InChI=1S/C21H29NO3/c1-20-9-7-14(25-19(24)12-23)11-13(20)3-4-15-16-5-6-18(22)21(16,2)10-8-17(15)20/h3-4,7,9,12-18H,5-6,8,10-11,22H2,1-2H3/t13?,14?,15-,16-,17+,18?,20-,21-/m0/s1. The molecule has 0 saturated heterocycles. The molecule has 0 spiro atoms. The second-order valence-corrected chi connectivity index (χ2v) is 9.06. The van der Waals surface area contributed by atoms with Crippen LogP contribution in [-0.2, 0) is 14.3 Å². The summed E-state index contributed by atoms with van der Waals surface area (Å²) in [6, 6.07) is 0.339. The zero-order valence-electron chi connectivity index (χ0n) is 15.2. The van der Waals surface area contributed by atoms with Gasteiger partial charge in [-0.1, -0.05) is 32.1 Å². The molecule has 0 heterocycles. The molecule has 2 N–H and O–H groups in total. The fourth-order valence-corrected chi connectivity index (χ4v) is 6.46. The Hall–Kier alpha value is -1.42. The predicted molar refractivity (Wildman–Crippen MR) is 95.5 cm³/mol. The van der Waals surface area contributed by atoms with Crippen LogP contribution in [0.1, 0.15) is 46.0 Å². The first-order valence-electron chi connectivity index (χ1n) is 9.67. The molecule has 4 nitrogen and oxygen atoms in total. The van der Waals surface area contributed by atoms with Gasteiger partial charge in [-0.3, -0.25) is 4.79 Å². The molecule has 4 aliphatic rings. The lowest BCUT2D eigenvalue weighted by molar-refractivity contribution is -0.152. The molecule has 4 aliphatic carbocycles. The summed E-state index contributed by atoms with van der Waals surface area (Å²) in [5.41, 5.74) is 6.87. The first-order valence-corrected chi connectivity index (χ1v) is 9.67. The lowest BCUT2D eigenvalue weighted by atomic mass is 9.48.